The molecule has 0 aliphatic rings. The minimum absolute atomic E-state index is 0.102. The van der Waals surface area contributed by atoms with Crippen molar-refractivity contribution in [2.45, 2.75) is 70.2 Å². The van der Waals surface area contributed by atoms with E-state index in [1.807, 2.05) is 19.1 Å². The molecule has 4 nitrogen and oxygen atoms in total. The molecule has 0 fully saturated rings. The Morgan fingerprint density at radius 1 is 0.722 bits per heavy atom. The molecule has 0 radical (unpaired) electrons. The van der Waals surface area contributed by atoms with Gasteiger partial charge in [0.05, 0.1) is 6.61 Å². The van der Waals surface area contributed by atoms with E-state index in [0.717, 1.165) is 33.7 Å². The minimum atomic E-state index is 0.102. The molecule has 4 aromatic rings. The summed E-state index contributed by atoms with van der Waals surface area (Å²) in [4.78, 5) is 0. The number of hydrogen-bond acceptors (Lipinski definition) is 4. The summed E-state index contributed by atoms with van der Waals surface area (Å²) in [5, 5.41) is 10.1. The van der Waals surface area contributed by atoms with Crippen molar-refractivity contribution in [3.8, 4) is 22.8 Å². The Hall–Kier alpha value is -3.05. The maximum Gasteiger partial charge on any atom is 0.196 e. The lowest BCUT2D eigenvalue weighted by Crippen LogP contribution is -2.10. The van der Waals surface area contributed by atoms with Crippen molar-refractivity contribution in [2.24, 2.45) is 0 Å². The fourth-order valence-corrected chi connectivity index (χ4v) is 4.92. The van der Waals surface area contributed by atoms with Gasteiger partial charge in [0.25, 0.3) is 0 Å². The molecule has 0 saturated carbocycles. The second kappa shape index (κ2) is 10.5. The van der Waals surface area contributed by atoms with Crippen LogP contribution in [0.1, 0.15) is 65.2 Å². The molecule has 0 aliphatic carbocycles. The van der Waals surface area contributed by atoms with Crippen LogP contribution in [0.15, 0.2) is 78.0 Å². The predicted octanol–water partition coefficient (Wildman–Crippen LogP) is 8.22. The van der Waals surface area contributed by atoms with Crippen LogP contribution in [0, 0.1) is 0 Å². The SMILES string of the molecule is CCOc1ccc(-n2c(SCc3ccc(C(C)(C)C)cc3)nnc2-c2ccc(C(C)(C)C)cc2)cc1. The summed E-state index contributed by atoms with van der Waals surface area (Å²) < 4.78 is 7.81. The molecule has 1 aromatic heterocycles. The first-order chi connectivity index (χ1) is 17.1. The topological polar surface area (TPSA) is 39.9 Å². The first-order valence-electron chi connectivity index (χ1n) is 12.6. The van der Waals surface area contributed by atoms with Gasteiger partial charge in [0, 0.05) is 17.0 Å². The van der Waals surface area contributed by atoms with Crippen molar-refractivity contribution in [1.82, 2.24) is 14.8 Å². The van der Waals surface area contributed by atoms with Crippen molar-refractivity contribution in [3.05, 3.63) is 89.5 Å². The molecule has 3 aromatic carbocycles. The fraction of sp³-hybridized carbons (Fsp3) is 0.355. The highest BCUT2D eigenvalue weighted by molar-refractivity contribution is 7.98. The molecule has 36 heavy (non-hydrogen) atoms. The molecule has 0 N–H and O–H groups in total. The maximum atomic E-state index is 5.66. The van der Waals surface area contributed by atoms with E-state index in [-0.39, 0.29) is 10.8 Å². The third-order valence-electron chi connectivity index (χ3n) is 6.24. The Morgan fingerprint density at radius 3 is 1.81 bits per heavy atom. The molecule has 0 amide bonds. The molecular formula is C31H37N3OS. The van der Waals surface area contributed by atoms with Crippen molar-refractivity contribution in [2.75, 3.05) is 6.61 Å². The van der Waals surface area contributed by atoms with Gasteiger partial charge in [-0.15, -0.1) is 10.2 Å². The molecule has 0 saturated heterocycles. The van der Waals surface area contributed by atoms with Gasteiger partial charge in [-0.1, -0.05) is 102 Å². The monoisotopic (exact) mass is 499 g/mol. The summed E-state index contributed by atoms with van der Waals surface area (Å²) >= 11 is 1.70. The van der Waals surface area contributed by atoms with Crippen LogP contribution in [0.4, 0.5) is 0 Å². The molecule has 188 valence electrons. The Kier molecular flexibility index (Phi) is 7.60. The number of hydrogen-bond donors (Lipinski definition) is 0. The van der Waals surface area contributed by atoms with Crippen molar-refractivity contribution < 1.29 is 4.74 Å². The van der Waals surface area contributed by atoms with Crippen molar-refractivity contribution >= 4 is 11.8 Å². The summed E-state index contributed by atoms with van der Waals surface area (Å²) in [6, 6.07) is 25.7. The standard InChI is InChI=1S/C31H37N3OS/c1-8-35-27-19-17-26(18-20-27)34-28(23-11-15-25(16-12-23)31(5,6)7)32-33-29(34)36-21-22-9-13-24(14-10-22)30(2,3)4/h9-20H,8,21H2,1-7H3. The van der Waals surface area contributed by atoms with E-state index in [9.17, 15) is 0 Å². The fourth-order valence-electron chi connectivity index (χ4n) is 4.01. The third-order valence-corrected chi connectivity index (χ3v) is 7.24. The molecule has 0 unspecified atom stereocenters. The van der Waals surface area contributed by atoms with Crippen LogP contribution in [-0.4, -0.2) is 21.4 Å². The van der Waals surface area contributed by atoms with Crippen LogP contribution in [-0.2, 0) is 16.6 Å². The van der Waals surface area contributed by atoms with E-state index in [1.165, 1.54) is 16.7 Å². The summed E-state index contributed by atoms with van der Waals surface area (Å²) in [5.41, 5.74) is 6.23. The highest BCUT2D eigenvalue weighted by Crippen LogP contribution is 2.32. The summed E-state index contributed by atoms with van der Waals surface area (Å²) in [7, 11) is 0. The molecule has 5 heteroatoms. The minimum Gasteiger partial charge on any atom is -0.494 e. The molecule has 0 bridgehead atoms. The van der Waals surface area contributed by atoms with E-state index in [2.05, 4.69) is 117 Å². The van der Waals surface area contributed by atoms with Gasteiger partial charge in [-0.2, -0.15) is 0 Å². The smallest absolute Gasteiger partial charge is 0.196 e. The largest absolute Gasteiger partial charge is 0.494 e. The number of ether oxygens (including phenoxy) is 1. The first-order valence-corrected chi connectivity index (χ1v) is 13.6. The second-order valence-corrected chi connectivity index (χ2v) is 12.1. The summed E-state index contributed by atoms with van der Waals surface area (Å²) in [6.07, 6.45) is 0. The van der Waals surface area contributed by atoms with Gasteiger partial charge >= 0.3 is 0 Å². The van der Waals surface area contributed by atoms with Crippen LogP contribution in [0.25, 0.3) is 17.1 Å². The van der Waals surface area contributed by atoms with Gasteiger partial charge in [0.1, 0.15) is 5.75 Å². The van der Waals surface area contributed by atoms with Crippen molar-refractivity contribution in [3.63, 3.8) is 0 Å². The van der Waals surface area contributed by atoms with Crippen LogP contribution < -0.4 is 4.74 Å². The van der Waals surface area contributed by atoms with Gasteiger partial charge in [-0.05, 0) is 58.7 Å². The van der Waals surface area contributed by atoms with Gasteiger partial charge in [-0.25, -0.2) is 0 Å². The lowest BCUT2D eigenvalue weighted by atomic mass is 9.87. The Morgan fingerprint density at radius 2 is 1.28 bits per heavy atom. The van der Waals surface area contributed by atoms with Gasteiger partial charge in [0.2, 0.25) is 0 Å². The zero-order valence-electron chi connectivity index (χ0n) is 22.5. The van der Waals surface area contributed by atoms with Crippen LogP contribution in [0.2, 0.25) is 0 Å². The van der Waals surface area contributed by atoms with Crippen LogP contribution in [0.3, 0.4) is 0 Å². The maximum absolute atomic E-state index is 5.66. The molecule has 4 rings (SSSR count). The van der Waals surface area contributed by atoms with E-state index < -0.39 is 0 Å². The van der Waals surface area contributed by atoms with Gasteiger partial charge in [0.15, 0.2) is 11.0 Å². The third kappa shape index (κ3) is 6.01. The molecule has 0 atom stereocenters. The van der Waals surface area contributed by atoms with E-state index in [4.69, 9.17) is 4.74 Å². The number of benzene rings is 3. The Labute approximate surface area is 220 Å². The normalized spacial score (nSPS) is 12.1. The van der Waals surface area contributed by atoms with Crippen LogP contribution in [0.5, 0.6) is 5.75 Å². The molecule has 1 heterocycles. The predicted molar refractivity (Wildman–Crippen MR) is 151 cm³/mol. The zero-order valence-corrected chi connectivity index (χ0v) is 23.3. The highest BCUT2D eigenvalue weighted by Gasteiger charge is 2.19. The van der Waals surface area contributed by atoms with E-state index in [1.54, 1.807) is 11.8 Å². The second-order valence-electron chi connectivity index (χ2n) is 11.1. The van der Waals surface area contributed by atoms with Gasteiger partial charge in [-0.3, -0.25) is 4.57 Å². The Bertz CT molecular complexity index is 1280. The number of nitrogens with zero attached hydrogens (tertiary/aromatic N) is 3. The highest BCUT2D eigenvalue weighted by atomic mass is 32.2. The number of rotatable bonds is 7. The molecule has 0 aliphatic heterocycles. The lowest BCUT2D eigenvalue weighted by Gasteiger charge is -2.19. The average molecular weight is 500 g/mol. The quantitative estimate of drug-likeness (QED) is 0.240. The molecular weight excluding hydrogens is 462 g/mol. The zero-order chi connectivity index (χ0) is 25.9. The van der Waals surface area contributed by atoms with Crippen LogP contribution >= 0.6 is 11.8 Å². The summed E-state index contributed by atoms with van der Waals surface area (Å²) in [6.45, 7) is 16.1. The summed E-state index contributed by atoms with van der Waals surface area (Å²) in [5.74, 6) is 2.52. The van der Waals surface area contributed by atoms with E-state index >= 15 is 0 Å². The number of thioether (sulfide) groups is 1. The first kappa shape index (κ1) is 26.0. The van der Waals surface area contributed by atoms with Crippen molar-refractivity contribution in [1.29, 1.82) is 0 Å². The molecule has 0 spiro atoms. The Balaban J connectivity index is 1.67. The van der Waals surface area contributed by atoms with E-state index in [0.29, 0.717) is 6.61 Å². The average Bonchev–Trinajstić information content (AvgIpc) is 3.27. The lowest BCUT2D eigenvalue weighted by molar-refractivity contribution is 0.340. The van der Waals surface area contributed by atoms with Gasteiger partial charge < -0.3 is 4.74 Å². The number of aromatic nitrogens is 3.